The van der Waals surface area contributed by atoms with Crippen LogP contribution in [-0.2, 0) is 5.41 Å². The summed E-state index contributed by atoms with van der Waals surface area (Å²) in [6.07, 6.45) is -3.59. The van der Waals surface area contributed by atoms with Crippen molar-refractivity contribution >= 4 is 11.5 Å². The molecule has 1 unspecified atom stereocenters. The molecule has 7 heteroatoms. The molecule has 0 amide bonds. The predicted octanol–water partition coefficient (Wildman–Crippen LogP) is 3.65. The zero-order chi connectivity index (χ0) is 15.3. The number of anilines is 2. The van der Waals surface area contributed by atoms with Crippen molar-refractivity contribution in [3.8, 4) is 6.07 Å². The van der Waals surface area contributed by atoms with Gasteiger partial charge in [-0.15, -0.1) is 0 Å². The smallest absolute Gasteiger partial charge is 0.340 e. The van der Waals surface area contributed by atoms with Crippen LogP contribution < -0.4 is 5.32 Å². The topological polar surface area (TPSA) is 48.7 Å². The maximum absolute atomic E-state index is 13.7. The maximum Gasteiger partial charge on any atom is 0.415 e. The lowest BCUT2D eigenvalue weighted by atomic mass is 9.72. The lowest BCUT2D eigenvalue weighted by molar-refractivity contribution is -0.162. The van der Waals surface area contributed by atoms with Gasteiger partial charge in [-0.25, -0.2) is 9.37 Å². The molecule has 3 nitrogen and oxygen atoms in total. The van der Waals surface area contributed by atoms with Crippen molar-refractivity contribution < 1.29 is 17.6 Å². The highest BCUT2D eigenvalue weighted by Gasteiger charge is 2.61. The zero-order valence-corrected chi connectivity index (χ0v) is 10.4. The van der Waals surface area contributed by atoms with Crippen LogP contribution in [0.4, 0.5) is 29.1 Å². The number of fused-ring (bicyclic) bond motifs is 2. The molecule has 3 rings (SSSR count). The number of rotatable bonds is 0. The highest BCUT2D eigenvalue weighted by atomic mass is 19.4. The van der Waals surface area contributed by atoms with Crippen LogP contribution in [0.5, 0.6) is 0 Å². The summed E-state index contributed by atoms with van der Waals surface area (Å²) >= 11 is 0. The molecule has 0 saturated carbocycles. The van der Waals surface area contributed by atoms with Gasteiger partial charge in [0, 0.05) is 23.0 Å². The molecule has 0 bridgehead atoms. The van der Waals surface area contributed by atoms with E-state index in [0.29, 0.717) is 0 Å². The largest absolute Gasteiger partial charge is 0.415 e. The number of benzene rings is 1. The number of hydrogen-bond acceptors (Lipinski definition) is 3. The van der Waals surface area contributed by atoms with Gasteiger partial charge in [0.25, 0.3) is 0 Å². The second-order valence-corrected chi connectivity index (χ2v) is 4.57. The first-order valence-electron chi connectivity index (χ1n) is 5.90. The number of nitrogens with one attached hydrogen (secondary N) is 1. The Morgan fingerprint density at radius 3 is 2.62 bits per heavy atom. The van der Waals surface area contributed by atoms with Gasteiger partial charge in [-0.05, 0) is 24.3 Å². The second-order valence-electron chi connectivity index (χ2n) is 4.57. The van der Waals surface area contributed by atoms with E-state index in [1.165, 1.54) is 30.5 Å². The molecule has 0 radical (unpaired) electrons. The summed E-state index contributed by atoms with van der Waals surface area (Å²) in [4.78, 5) is 3.84. The highest BCUT2D eigenvalue weighted by Crippen LogP contribution is 2.53. The number of halogens is 4. The van der Waals surface area contributed by atoms with Gasteiger partial charge < -0.3 is 5.32 Å². The van der Waals surface area contributed by atoms with Gasteiger partial charge in [-0.2, -0.15) is 18.4 Å². The predicted molar refractivity (Wildman–Crippen MR) is 66.4 cm³/mol. The summed E-state index contributed by atoms with van der Waals surface area (Å²) in [5, 5.41) is 12.0. The molecule has 1 N–H and O–H groups in total. The van der Waals surface area contributed by atoms with Gasteiger partial charge in [0.2, 0.25) is 5.41 Å². The van der Waals surface area contributed by atoms with Gasteiger partial charge in [0.1, 0.15) is 11.6 Å². The molecule has 1 aliphatic rings. The lowest BCUT2D eigenvalue weighted by Gasteiger charge is -2.36. The minimum Gasteiger partial charge on any atom is -0.340 e. The Balaban J connectivity index is 2.43. The van der Waals surface area contributed by atoms with Gasteiger partial charge in [-0.3, -0.25) is 0 Å². The molecule has 21 heavy (non-hydrogen) atoms. The Labute approximate surface area is 116 Å². The van der Waals surface area contributed by atoms with Crippen molar-refractivity contribution in [3.05, 3.63) is 53.5 Å². The van der Waals surface area contributed by atoms with Crippen LogP contribution in [0, 0.1) is 17.1 Å². The fraction of sp³-hybridized carbons (Fsp3) is 0.143. The summed E-state index contributed by atoms with van der Waals surface area (Å²) in [5.74, 6) is -0.901. The molecule has 0 spiro atoms. The van der Waals surface area contributed by atoms with E-state index in [9.17, 15) is 22.8 Å². The average Bonchev–Trinajstić information content (AvgIpc) is 2.43. The molecule has 0 aliphatic carbocycles. The molecule has 106 valence electrons. The van der Waals surface area contributed by atoms with Crippen molar-refractivity contribution in [2.75, 3.05) is 5.32 Å². The SMILES string of the molecule is N#CC1(C(F)(F)F)c2cc(F)ccc2Nc2ncccc21. The van der Waals surface area contributed by atoms with Crippen LogP contribution >= 0.6 is 0 Å². The molecule has 1 aliphatic heterocycles. The number of aromatic nitrogens is 1. The molecule has 1 aromatic carbocycles. The standard InChI is InChI=1S/C14H7F4N3/c15-8-3-4-11-10(6-8)13(7-19,14(16,17)18)9-2-1-5-20-12(9)21-11/h1-6H,(H,20,21). The van der Waals surface area contributed by atoms with Crippen LogP contribution in [0.2, 0.25) is 0 Å². The third-order valence-corrected chi connectivity index (χ3v) is 3.44. The minimum atomic E-state index is -4.91. The van der Waals surface area contributed by atoms with E-state index in [0.717, 1.165) is 12.1 Å². The Kier molecular flexibility index (Phi) is 2.66. The van der Waals surface area contributed by atoms with Gasteiger partial charge in [0.15, 0.2) is 0 Å². The summed E-state index contributed by atoms with van der Waals surface area (Å²) in [7, 11) is 0. The molecule has 2 heterocycles. The monoisotopic (exact) mass is 293 g/mol. The Morgan fingerprint density at radius 2 is 1.95 bits per heavy atom. The second kappa shape index (κ2) is 4.19. The maximum atomic E-state index is 13.7. The fourth-order valence-corrected chi connectivity index (χ4v) is 2.51. The summed E-state index contributed by atoms with van der Waals surface area (Å²) < 4.78 is 54.5. The first kappa shape index (κ1) is 13.4. The van der Waals surface area contributed by atoms with Crippen molar-refractivity contribution in [1.29, 1.82) is 5.26 Å². The van der Waals surface area contributed by atoms with Crippen molar-refractivity contribution in [2.45, 2.75) is 11.6 Å². The molecule has 1 aromatic heterocycles. The zero-order valence-electron chi connectivity index (χ0n) is 10.4. The fourth-order valence-electron chi connectivity index (χ4n) is 2.51. The average molecular weight is 293 g/mol. The Bertz CT molecular complexity index is 764. The van der Waals surface area contributed by atoms with Crippen molar-refractivity contribution in [1.82, 2.24) is 4.98 Å². The Morgan fingerprint density at radius 1 is 1.19 bits per heavy atom. The summed E-state index contributed by atoms with van der Waals surface area (Å²) in [6.45, 7) is 0. The van der Waals surface area contributed by atoms with Crippen LogP contribution in [0.15, 0.2) is 36.5 Å². The molecule has 0 fully saturated rings. The van der Waals surface area contributed by atoms with E-state index in [1.807, 2.05) is 0 Å². The Hall–Kier alpha value is -2.62. The number of hydrogen-bond donors (Lipinski definition) is 1. The first-order chi connectivity index (χ1) is 9.90. The number of nitrogens with zero attached hydrogens (tertiary/aromatic N) is 2. The quantitative estimate of drug-likeness (QED) is 0.754. The molecule has 2 aromatic rings. The summed E-state index contributed by atoms with van der Waals surface area (Å²) in [6, 6.07) is 6.72. The van der Waals surface area contributed by atoms with Gasteiger partial charge in [0.05, 0.1) is 6.07 Å². The highest BCUT2D eigenvalue weighted by molar-refractivity contribution is 5.76. The molecular formula is C14H7F4N3. The third kappa shape index (κ3) is 1.69. The lowest BCUT2D eigenvalue weighted by Crippen LogP contribution is -2.45. The van der Waals surface area contributed by atoms with Crippen LogP contribution in [0.25, 0.3) is 0 Å². The molecule has 0 saturated heterocycles. The third-order valence-electron chi connectivity index (χ3n) is 3.44. The van der Waals surface area contributed by atoms with E-state index in [2.05, 4.69) is 10.3 Å². The van der Waals surface area contributed by atoms with E-state index < -0.39 is 23.0 Å². The van der Waals surface area contributed by atoms with E-state index in [-0.39, 0.29) is 17.1 Å². The number of pyridine rings is 1. The van der Waals surface area contributed by atoms with E-state index in [4.69, 9.17) is 0 Å². The minimum absolute atomic E-state index is 0.0153. The molecule has 1 atom stereocenters. The van der Waals surface area contributed by atoms with Crippen LogP contribution in [-0.4, -0.2) is 11.2 Å². The van der Waals surface area contributed by atoms with E-state index >= 15 is 0 Å². The van der Waals surface area contributed by atoms with E-state index in [1.54, 1.807) is 0 Å². The van der Waals surface area contributed by atoms with Crippen LogP contribution in [0.1, 0.15) is 11.1 Å². The number of nitriles is 1. The van der Waals surface area contributed by atoms with Crippen LogP contribution in [0.3, 0.4) is 0 Å². The summed E-state index contributed by atoms with van der Waals surface area (Å²) in [5.41, 5.74) is -3.73. The number of alkyl halides is 3. The molecular weight excluding hydrogens is 286 g/mol. The first-order valence-corrected chi connectivity index (χ1v) is 5.90. The normalized spacial score (nSPS) is 20.0. The van der Waals surface area contributed by atoms with Crippen molar-refractivity contribution in [3.63, 3.8) is 0 Å². The van der Waals surface area contributed by atoms with Gasteiger partial charge in [-0.1, -0.05) is 6.07 Å². The van der Waals surface area contributed by atoms with Gasteiger partial charge >= 0.3 is 6.18 Å². The van der Waals surface area contributed by atoms with Crippen molar-refractivity contribution in [2.24, 2.45) is 0 Å².